The molecule has 0 aliphatic carbocycles. The Kier molecular flexibility index (Phi) is 4.50. The van der Waals surface area contributed by atoms with Gasteiger partial charge < -0.3 is 4.74 Å². The maximum atomic E-state index is 12.3. The second-order valence-electron chi connectivity index (χ2n) is 4.69. The topological polar surface area (TPSA) is 68.6 Å². The first kappa shape index (κ1) is 15.1. The number of hydrogen-bond donors (Lipinski definition) is 0. The molecule has 1 rings (SSSR count). The van der Waals surface area contributed by atoms with Crippen molar-refractivity contribution in [2.75, 3.05) is 6.26 Å². The second-order valence-corrected chi connectivity index (χ2v) is 7.81. The molecule has 0 N–H and O–H groups in total. The van der Waals surface area contributed by atoms with Crippen LogP contribution in [0.5, 0.6) is 0 Å². The number of rotatable bonds is 1. The van der Waals surface area contributed by atoms with Gasteiger partial charge in [0.05, 0.1) is 0 Å². The quantitative estimate of drug-likeness (QED) is 0.790. The van der Waals surface area contributed by atoms with E-state index < -0.39 is 21.4 Å². The van der Waals surface area contributed by atoms with Crippen LogP contribution in [-0.2, 0) is 14.5 Å². The molecule has 0 spiro atoms. The van der Waals surface area contributed by atoms with Gasteiger partial charge in [0, 0.05) is 16.9 Å². The van der Waals surface area contributed by atoms with E-state index in [9.17, 15) is 9.00 Å². The number of hydrogen-bond acceptors (Lipinski definition) is 4. The van der Waals surface area contributed by atoms with Crippen molar-refractivity contribution < 1.29 is 13.7 Å². The molecule has 1 aromatic rings. The smallest absolute Gasteiger partial charge is 0.442 e. The monoisotopic (exact) mass is 334 g/mol. The largest absolute Gasteiger partial charge is 0.442 e. The van der Waals surface area contributed by atoms with Crippen molar-refractivity contribution in [2.45, 2.75) is 31.4 Å². The molecule has 0 aliphatic heterocycles. The number of aromatic nitrogens is 1. The van der Waals surface area contributed by atoms with E-state index in [1.165, 1.54) is 12.5 Å². The van der Waals surface area contributed by atoms with E-state index >= 15 is 0 Å². The summed E-state index contributed by atoms with van der Waals surface area (Å²) in [4.78, 5) is 15.5. The van der Waals surface area contributed by atoms with E-state index in [0.717, 1.165) is 4.47 Å². The van der Waals surface area contributed by atoms with E-state index in [4.69, 9.17) is 4.74 Å². The van der Waals surface area contributed by atoms with Crippen molar-refractivity contribution in [1.29, 1.82) is 0 Å². The lowest BCUT2D eigenvalue weighted by atomic mass is 10.2. The van der Waals surface area contributed by atoms with Gasteiger partial charge in [0.15, 0.2) is 0 Å². The Labute approximate surface area is 115 Å². The van der Waals surface area contributed by atoms with Gasteiger partial charge in [-0.25, -0.2) is 14.0 Å². The third kappa shape index (κ3) is 4.73. The number of carbonyl (C=O) groups excluding carboxylic acids is 1. The Morgan fingerprint density at radius 3 is 2.61 bits per heavy atom. The van der Waals surface area contributed by atoms with Gasteiger partial charge in [-0.05, 0) is 32.9 Å². The van der Waals surface area contributed by atoms with Crippen LogP contribution in [0.4, 0.5) is 4.79 Å². The molecule has 0 fully saturated rings. The molecule has 0 radical (unpaired) electrons. The van der Waals surface area contributed by atoms with Gasteiger partial charge in [0.2, 0.25) is 0 Å². The highest BCUT2D eigenvalue weighted by molar-refractivity contribution is 9.10. The summed E-state index contributed by atoms with van der Waals surface area (Å²) in [6.07, 6.45) is 2.00. The standard InChI is InChI=1S/C11H15BrN2O3S/c1-11(2,3)17-10(15)14-18(4,16)9-7-8(12)5-6-13-9/h5-7H,1-4H3/t18-/m0/s1. The summed E-state index contributed by atoms with van der Waals surface area (Å²) in [5.74, 6) is 0. The maximum Gasteiger partial charge on any atom is 0.442 e. The van der Waals surface area contributed by atoms with Crippen LogP contribution >= 0.6 is 15.9 Å². The first-order chi connectivity index (χ1) is 8.10. The van der Waals surface area contributed by atoms with Crippen LogP contribution in [0.2, 0.25) is 0 Å². The third-order valence-corrected chi connectivity index (χ3v) is 3.72. The number of ether oxygens (including phenoxy) is 1. The van der Waals surface area contributed by atoms with Crippen LogP contribution < -0.4 is 0 Å². The Balaban J connectivity index is 3.07. The Morgan fingerprint density at radius 2 is 2.11 bits per heavy atom. The Hall–Kier alpha value is -0.950. The van der Waals surface area contributed by atoms with Gasteiger partial charge in [-0.15, -0.1) is 4.36 Å². The molecule has 100 valence electrons. The summed E-state index contributed by atoms with van der Waals surface area (Å²) in [7, 11) is -2.90. The third-order valence-electron chi connectivity index (χ3n) is 1.73. The molecule has 7 heteroatoms. The molecule has 5 nitrogen and oxygen atoms in total. The summed E-state index contributed by atoms with van der Waals surface area (Å²) in [6, 6.07) is 3.27. The molecule has 18 heavy (non-hydrogen) atoms. The van der Waals surface area contributed by atoms with Crippen molar-refractivity contribution in [3.63, 3.8) is 0 Å². The summed E-state index contributed by atoms with van der Waals surface area (Å²) >= 11 is 3.25. The number of carbonyl (C=O) groups is 1. The minimum atomic E-state index is -2.90. The van der Waals surface area contributed by atoms with Crippen molar-refractivity contribution >= 4 is 31.8 Å². The molecule has 0 aromatic carbocycles. The highest BCUT2D eigenvalue weighted by Crippen LogP contribution is 2.16. The molecule has 0 saturated heterocycles. The molecule has 1 heterocycles. The van der Waals surface area contributed by atoms with E-state index in [1.807, 2.05) is 0 Å². The normalized spacial score (nSPS) is 14.7. The predicted octanol–water partition coefficient (Wildman–Crippen LogP) is 3.24. The zero-order chi connectivity index (χ0) is 14.0. The SMILES string of the molecule is CC(C)(C)OC(=O)N=[S@@](C)(=O)c1cc(Br)ccn1. The number of nitrogens with zero attached hydrogens (tertiary/aromatic N) is 2. The van der Waals surface area contributed by atoms with Crippen molar-refractivity contribution in [1.82, 2.24) is 4.98 Å². The van der Waals surface area contributed by atoms with Crippen molar-refractivity contribution in [3.05, 3.63) is 22.8 Å². The first-order valence-electron chi connectivity index (χ1n) is 5.17. The van der Waals surface area contributed by atoms with Crippen LogP contribution in [0.1, 0.15) is 20.8 Å². The minimum Gasteiger partial charge on any atom is -0.442 e. The molecule has 0 bridgehead atoms. The molecule has 0 unspecified atom stereocenters. The highest BCUT2D eigenvalue weighted by atomic mass is 79.9. The fraction of sp³-hybridized carbons (Fsp3) is 0.455. The molecular weight excluding hydrogens is 320 g/mol. The lowest BCUT2D eigenvalue weighted by Crippen LogP contribution is -2.22. The van der Waals surface area contributed by atoms with E-state index in [1.54, 1.807) is 32.9 Å². The fourth-order valence-corrected chi connectivity index (χ4v) is 2.57. The number of amides is 1. The van der Waals surface area contributed by atoms with Gasteiger partial charge in [-0.2, -0.15) is 0 Å². The summed E-state index contributed by atoms with van der Waals surface area (Å²) < 4.78 is 21.6. The summed E-state index contributed by atoms with van der Waals surface area (Å²) in [6.45, 7) is 5.15. The average Bonchev–Trinajstić information content (AvgIpc) is 2.13. The second kappa shape index (κ2) is 5.36. The molecular formula is C11H15BrN2O3S. The molecule has 1 amide bonds. The Bertz CT molecular complexity index is 572. The van der Waals surface area contributed by atoms with Crippen LogP contribution in [0.25, 0.3) is 0 Å². The van der Waals surface area contributed by atoms with Crippen LogP contribution in [-0.4, -0.2) is 27.1 Å². The zero-order valence-electron chi connectivity index (χ0n) is 10.6. The van der Waals surface area contributed by atoms with Crippen molar-refractivity contribution in [3.8, 4) is 0 Å². The lowest BCUT2D eigenvalue weighted by Gasteiger charge is -2.17. The van der Waals surface area contributed by atoms with Crippen molar-refractivity contribution in [2.24, 2.45) is 4.36 Å². The average molecular weight is 335 g/mol. The molecule has 1 atom stereocenters. The van der Waals surface area contributed by atoms with Gasteiger partial charge in [-0.1, -0.05) is 15.9 Å². The van der Waals surface area contributed by atoms with E-state index in [2.05, 4.69) is 25.3 Å². The first-order valence-corrected chi connectivity index (χ1v) is 7.88. The van der Waals surface area contributed by atoms with Gasteiger partial charge in [0.1, 0.15) is 20.4 Å². The lowest BCUT2D eigenvalue weighted by molar-refractivity contribution is 0.0607. The van der Waals surface area contributed by atoms with Gasteiger partial charge in [0.25, 0.3) is 0 Å². The van der Waals surface area contributed by atoms with E-state index in [-0.39, 0.29) is 5.03 Å². The molecule has 0 aliphatic rings. The van der Waals surface area contributed by atoms with Crippen LogP contribution in [0, 0.1) is 0 Å². The zero-order valence-corrected chi connectivity index (χ0v) is 13.0. The number of halogens is 1. The summed E-state index contributed by atoms with van der Waals surface area (Å²) in [5, 5.41) is 0.239. The predicted molar refractivity (Wildman–Crippen MR) is 72.9 cm³/mol. The van der Waals surface area contributed by atoms with Gasteiger partial charge >= 0.3 is 6.09 Å². The van der Waals surface area contributed by atoms with Crippen LogP contribution in [0.3, 0.4) is 0 Å². The Morgan fingerprint density at radius 1 is 1.50 bits per heavy atom. The number of pyridine rings is 1. The van der Waals surface area contributed by atoms with Crippen LogP contribution in [0.15, 0.2) is 32.2 Å². The highest BCUT2D eigenvalue weighted by Gasteiger charge is 2.18. The molecule has 1 aromatic heterocycles. The molecule has 0 saturated carbocycles. The minimum absolute atomic E-state index is 0.239. The fourth-order valence-electron chi connectivity index (χ4n) is 1.06. The van der Waals surface area contributed by atoms with E-state index in [0.29, 0.717) is 0 Å². The summed E-state index contributed by atoms with van der Waals surface area (Å²) in [5.41, 5.74) is -0.666. The maximum absolute atomic E-state index is 12.3. The van der Waals surface area contributed by atoms with Gasteiger partial charge in [-0.3, -0.25) is 0 Å².